The minimum absolute atomic E-state index is 0.365. The van der Waals surface area contributed by atoms with Crippen LogP contribution >= 0.6 is 0 Å². The van der Waals surface area contributed by atoms with Gasteiger partial charge in [-0.3, -0.25) is 0 Å². The largest absolute Gasteiger partial charge is 0.140 e. The van der Waals surface area contributed by atoms with Crippen LogP contribution in [0.2, 0.25) is 0 Å². The fourth-order valence-electron chi connectivity index (χ4n) is 11.2. The summed E-state index contributed by atoms with van der Waals surface area (Å²) in [6, 6.07) is 0. The summed E-state index contributed by atoms with van der Waals surface area (Å²) in [5, 5.41) is 8.71. The van der Waals surface area contributed by atoms with Crippen molar-refractivity contribution in [3.05, 3.63) is 16.6 Å². The molecule has 0 amide bonds. The standard InChI is InChI=1S/C33H43B21/c34-13-9(20(41)21(42)12-11(13)24(45)32(53)33(54)25(12)46)2-6-3(15(36)28(49)30(51)17(6)38)1(4-7(2)18(39)31(52)29(50)16(4)37)5-8-10(22(43)26(47)14(5)35)23(44)27(48)19(8)40/h19H,34-54H2. The van der Waals surface area contributed by atoms with Crippen LogP contribution in [0.3, 0.4) is 0 Å². The van der Waals surface area contributed by atoms with Gasteiger partial charge >= 0.3 is 0 Å². The zero-order chi connectivity index (χ0) is 40.1. The average molecular weight is 667 g/mol. The lowest BCUT2D eigenvalue weighted by Crippen LogP contribution is -2.52. The van der Waals surface area contributed by atoms with Crippen LogP contribution in [0.25, 0.3) is 60.0 Å². The summed E-state index contributed by atoms with van der Waals surface area (Å²) in [4.78, 5) is 0. The Bertz CT molecular complexity index is 2760. The normalized spacial score (nSPS) is 14.1. The maximum atomic E-state index is 2.46. The number of rotatable bonds is 2. The lowest BCUT2D eigenvalue weighted by atomic mass is 9.55. The van der Waals surface area contributed by atoms with E-state index in [0.717, 1.165) is 0 Å². The molecule has 0 aromatic heterocycles. The minimum Gasteiger partial charge on any atom is -0.116 e. The third-order valence-electron chi connectivity index (χ3n) is 16.1. The Balaban J connectivity index is 1.92. The van der Waals surface area contributed by atoms with Crippen LogP contribution in [0.15, 0.2) is 5.47 Å². The molecular formula is C33H43B21. The van der Waals surface area contributed by atoms with Crippen LogP contribution in [-0.2, 0) is 0 Å². The summed E-state index contributed by atoms with van der Waals surface area (Å²) in [5.41, 5.74) is 37.5. The van der Waals surface area contributed by atoms with Crippen LogP contribution in [0.1, 0.15) is 16.9 Å². The van der Waals surface area contributed by atoms with Gasteiger partial charge in [0.05, 0.1) is 0 Å². The molecule has 0 radical (unpaired) electrons. The van der Waals surface area contributed by atoms with Crippen molar-refractivity contribution in [1.82, 2.24) is 0 Å². The Morgan fingerprint density at radius 1 is 0.222 bits per heavy atom. The molecule has 0 bridgehead atoms. The topological polar surface area (TPSA) is 0 Å². The van der Waals surface area contributed by atoms with Crippen LogP contribution in [0.4, 0.5) is 0 Å². The molecule has 0 fully saturated rings. The predicted octanol–water partition coefficient (Wildman–Crippen LogP) is -25.2. The van der Waals surface area contributed by atoms with Gasteiger partial charge in [0.15, 0.2) is 0 Å². The molecule has 1 atom stereocenters. The highest BCUT2D eigenvalue weighted by Crippen LogP contribution is 2.45. The van der Waals surface area contributed by atoms with E-state index < -0.39 is 0 Å². The molecule has 21 heteroatoms. The molecule has 6 aromatic rings. The summed E-state index contributed by atoms with van der Waals surface area (Å²) in [6.45, 7) is 0. The molecule has 0 aliphatic heterocycles. The van der Waals surface area contributed by atoms with Gasteiger partial charge in [-0.2, -0.15) is 0 Å². The van der Waals surface area contributed by atoms with Gasteiger partial charge in [0.25, 0.3) is 0 Å². The molecule has 54 heavy (non-hydrogen) atoms. The van der Waals surface area contributed by atoms with Crippen molar-refractivity contribution in [2.75, 3.05) is 0 Å². The summed E-state index contributed by atoms with van der Waals surface area (Å²) in [6.07, 6.45) is 0. The highest BCUT2D eigenvalue weighted by molar-refractivity contribution is 6.75. The van der Waals surface area contributed by atoms with E-state index in [2.05, 4.69) is 165 Å². The van der Waals surface area contributed by atoms with Gasteiger partial charge in [-0.05, 0) is 71.5 Å². The van der Waals surface area contributed by atoms with Crippen molar-refractivity contribution in [1.29, 1.82) is 0 Å². The van der Waals surface area contributed by atoms with Crippen LogP contribution < -0.4 is 98.3 Å². The molecule has 0 saturated carbocycles. The molecule has 7 rings (SSSR count). The van der Waals surface area contributed by atoms with Crippen molar-refractivity contribution in [3.63, 3.8) is 0 Å². The quantitative estimate of drug-likeness (QED) is 0.127. The van der Waals surface area contributed by atoms with Gasteiger partial charge < -0.3 is 0 Å². The van der Waals surface area contributed by atoms with Gasteiger partial charge in [-0.1, -0.05) is 65.6 Å². The minimum atomic E-state index is 0.365. The average Bonchev–Trinajstić information content (AvgIpc) is 3.36. The predicted molar refractivity (Wildman–Crippen MR) is 312 cm³/mol. The third kappa shape index (κ3) is 4.87. The van der Waals surface area contributed by atoms with Crippen molar-refractivity contribution >= 4 is 301 Å². The number of benzene rings is 6. The summed E-state index contributed by atoms with van der Waals surface area (Å²) in [5.74, 6) is 0.365. The number of hydrogen-bond acceptors (Lipinski definition) is 0. The monoisotopic (exact) mass is 671 g/mol. The van der Waals surface area contributed by atoms with Crippen LogP contribution in [-0.4, -0.2) is 165 Å². The molecule has 0 saturated heterocycles. The van der Waals surface area contributed by atoms with Crippen molar-refractivity contribution < 1.29 is 0 Å². The fourth-order valence-corrected chi connectivity index (χ4v) is 11.2. The van der Waals surface area contributed by atoms with Crippen molar-refractivity contribution in [3.8, 4) is 22.3 Å². The van der Waals surface area contributed by atoms with E-state index in [9.17, 15) is 0 Å². The lowest BCUT2D eigenvalue weighted by Gasteiger charge is -2.32. The summed E-state index contributed by atoms with van der Waals surface area (Å²) in [7, 11) is 50.1. The Morgan fingerprint density at radius 2 is 0.481 bits per heavy atom. The molecule has 6 aromatic carbocycles. The smallest absolute Gasteiger partial charge is 0.116 e. The Kier molecular flexibility index (Phi) is 9.59. The zero-order valence-electron chi connectivity index (χ0n) is 37.6. The molecule has 1 aliphatic carbocycles. The molecule has 1 aliphatic rings. The molecule has 0 heterocycles. The van der Waals surface area contributed by atoms with E-state index in [1.165, 1.54) is 175 Å². The van der Waals surface area contributed by atoms with E-state index in [1.54, 1.807) is 0 Å². The molecule has 0 spiro atoms. The van der Waals surface area contributed by atoms with Crippen LogP contribution in [0.5, 0.6) is 0 Å². The molecule has 1 unspecified atom stereocenters. The van der Waals surface area contributed by atoms with Crippen molar-refractivity contribution in [2.24, 2.45) is 0 Å². The zero-order valence-corrected chi connectivity index (χ0v) is 37.6. The highest BCUT2D eigenvalue weighted by atomic mass is 14.3. The molecular weight excluding hydrogens is 623 g/mol. The van der Waals surface area contributed by atoms with Crippen LogP contribution in [0, 0.1) is 0 Å². The first kappa shape index (κ1) is 39.4. The van der Waals surface area contributed by atoms with E-state index in [0.29, 0.717) is 5.82 Å². The first-order valence-electron chi connectivity index (χ1n) is 20.4. The fraction of sp³-hybridized carbons (Fsp3) is 0.0303. The van der Waals surface area contributed by atoms with Gasteiger partial charge in [-0.25, -0.2) is 0 Å². The van der Waals surface area contributed by atoms with E-state index in [4.69, 9.17) is 0 Å². The van der Waals surface area contributed by atoms with Gasteiger partial charge in [0.2, 0.25) is 0 Å². The number of fused-ring (bicyclic) bond motifs is 4. The maximum absolute atomic E-state index is 2.46. The van der Waals surface area contributed by atoms with Gasteiger partial charge in [0, 0.05) is 0 Å². The third-order valence-corrected chi connectivity index (χ3v) is 16.1. The summed E-state index contributed by atoms with van der Waals surface area (Å²) >= 11 is 0. The summed E-state index contributed by atoms with van der Waals surface area (Å²) < 4.78 is 0. The SMILES string of the molecule is BC1=C(B)C(B)c2c1c(B)c(B)c(B)c2-c1c2c(B)c(B)c(B)c(B)c2c(-c2c(B)c(B)c3c(B)c(B)c(B)c(B)c3c2B)c2c(B)c(B)c(B)c(B)c12. The second kappa shape index (κ2) is 13.1. The highest BCUT2D eigenvalue weighted by Gasteiger charge is 2.34. The van der Waals surface area contributed by atoms with Gasteiger partial charge in [0.1, 0.15) is 165 Å². The lowest BCUT2D eigenvalue weighted by molar-refractivity contribution is 1.24. The first-order chi connectivity index (χ1) is 25.1. The maximum Gasteiger partial charge on any atom is 0.140 e. The van der Waals surface area contributed by atoms with E-state index in [1.807, 2.05) is 0 Å². The van der Waals surface area contributed by atoms with E-state index >= 15 is 0 Å². The first-order valence-corrected chi connectivity index (χ1v) is 20.4. The molecule has 0 nitrogen and oxygen atoms in total. The van der Waals surface area contributed by atoms with Gasteiger partial charge in [-0.15, -0.1) is 43.7 Å². The molecule has 238 valence electrons. The number of allylic oxidation sites excluding steroid dienone is 1. The second-order valence-electron chi connectivity index (χ2n) is 17.8. The Labute approximate surface area is 343 Å². The Morgan fingerprint density at radius 3 is 0.870 bits per heavy atom. The molecule has 0 N–H and O–H groups in total. The second-order valence-corrected chi connectivity index (χ2v) is 17.8. The van der Waals surface area contributed by atoms with E-state index in [-0.39, 0.29) is 0 Å². The number of hydrogen-bond donors (Lipinski definition) is 0. The Hall–Kier alpha value is -2.80. The van der Waals surface area contributed by atoms with Crippen molar-refractivity contribution in [2.45, 2.75) is 5.82 Å².